The molecule has 0 fully saturated rings. The second-order valence-corrected chi connectivity index (χ2v) is 5.77. The normalized spacial score (nSPS) is 11.6. The molecule has 0 unspecified atom stereocenters. The summed E-state index contributed by atoms with van der Waals surface area (Å²) in [4.78, 5) is 4.17. The minimum absolute atomic E-state index is 0.210. The van der Waals surface area contributed by atoms with Gasteiger partial charge in [-0.3, -0.25) is 5.10 Å². The molecule has 19 heavy (non-hydrogen) atoms. The fourth-order valence-corrected chi connectivity index (χ4v) is 2.62. The molecule has 0 bridgehead atoms. The Morgan fingerprint density at radius 2 is 2.00 bits per heavy atom. The Labute approximate surface area is 111 Å². The Morgan fingerprint density at radius 3 is 2.63 bits per heavy atom. The first-order valence-electron chi connectivity index (χ1n) is 5.77. The summed E-state index contributed by atoms with van der Waals surface area (Å²) in [6.07, 6.45) is 2.71. The minimum Gasteiger partial charge on any atom is -0.399 e. The van der Waals surface area contributed by atoms with Gasteiger partial charge in [0.15, 0.2) is 0 Å². The lowest BCUT2D eigenvalue weighted by Crippen LogP contribution is -2.25. The standard InChI is InChI=1S/C11H15N5O2S/c12-9-3-5-10(6-4-9)19(17,18)15-7-1-2-11-13-8-14-16-11/h3-6,8,15H,1-2,7,12H2,(H,13,14,16). The van der Waals surface area contributed by atoms with Crippen molar-refractivity contribution >= 4 is 15.7 Å². The number of aromatic amines is 1. The van der Waals surface area contributed by atoms with Crippen molar-refractivity contribution in [3.8, 4) is 0 Å². The molecular formula is C11H15N5O2S. The quantitative estimate of drug-likeness (QED) is 0.520. The maximum absolute atomic E-state index is 11.9. The van der Waals surface area contributed by atoms with E-state index in [0.29, 0.717) is 25.1 Å². The second-order valence-electron chi connectivity index (χ2n) is 4.00. The largest absolute Gasteiger partial charge is 0.399 e. The van der Waals surface area contributed by atoms with Crippen molar-refractivity contribution in [2.45, 2.75) is 17.7 Å². The maximum atomic E-state index is 11.9. The Balaban J connectivity index is 1.86. The zero-order valence-electron chi connectivity index (χ0n) is 10.2. The number of aryl methyl sites for hydroxylation is 1. The zero-order chi connectivity index (χ0) is 13.7. The van der Waals surface area contributed by atoms with Gasteiger partial charge in [-0.2, -0.15) is 5.10 Å². The van der Waals surface area contributed by atoms with E-state index in [1.165, 1.54) is 18.5 Å². The number of rotatable bonds is 6. The summed E-state index contributed by atoms with van der Waals surface area (Å²) >= 11 is 0. The number of nitrogens with one attached hydrogen (secondary N) is 2. The molecule has 0 aliphatic carbocycles. The Morgan fingerprint density at radius 1 is 1.26 bits per heavy atom. The number of hydrogen-bond acceptors (Lipinski definition) is 5. The predicted molar refractivity (Wildman–Crippen MR) is 70.7 cm³/mol. The third-order valence-corrected chi connectivity index (χ3v) is 4.01. The van der Waals surface area contributed by atoms with Gasteiger partial charge in [0.1, 0.15) is 12.2 Å². The van der Waals surface area contributed by atoms with Gasteiger partial charge in [0, 0.05) is 18.7 Å². The molecule has 0 spiro atoms. The van der Waals surface area contributed by atoms with Crippen molar-refractivity contribution in [1.29, 1.82) is 0 Å². The number of aromatic nitrogens is 3. The average molecular weight is 281 g/mol. The van der Waals surface area contributed by atoms with Gasteiger partial charge in [0.25, 0.3) is 0 Å². The van der Waals surface area contributed by atoms with E-state index in [1.807, 2.05) is 0 Å². The Hall–Kier alpha value is -1.93. The van der Waals surface area contributed by atoms with Crippen molar-refractivity contribution in [2.75, 3.05) is 12.3 Å². The molecule has 0 aliphatic rings. The highest BCUT2D eigenvalue weighted by atomic mass is 32.2. The molecule has 4 N–H and O–H groups in total. The van der Waals surface area contributed by atoms with E-state index >= 15 is 0 Å². The fourth-order valence-electron chi connectivity index (χ4n) is 1.54. The number of hydrogen-bond donors (Lipinski definition) is 3. The molecule has 0 amide bonds. The molecule has 8 heteroatoms. The van der Waals surface area contributed by atoms with Gasteiger partial charge in [-0.15, -0.1) is 0 Å². The van der Waals surface area contributed by atoms with E-state index in [9.17, 15) is 8.42 Å². The number of H-pyrrole nitrogens is 1. The van der Waals surface area contributed by atoms with Gasteiger partial charge in [0.2, 0.25) is 10.0 Å². The van der Waals surface area contributed by atoms with Crippen LogP contribution in [0.2, 0.25) is 0 Å². The van der Waals surface area contributed by atoms with Gasteiger partial charge >= 0.3 is 0 Å². The van der Waals surface area contributed by atoms with Crippen LogP contribution in [0, 0.1) is 0 Å². The summed E-state index contributed by atoms with van der Waals surface area (Å²) in [5.41, 5.74) is 6.05. The smallest absolute Gasteiger partial charge is 0.240 e. The van der Waals surface area contributed by atoms with Crippen LogP contribution in [-0.2, 0) is 16.4 Å². The van der Waals surface area contributed by atoms with Crippen LogP contribution in [0.3, 0.4) is 0 Å². The SMILES string of the molecule is Nc1ccc(S(=O)(=O)NCCCc2ncn[nH]2)cc1. The van der Waals surface area contributed by atoms with Gasteiger partial charge in [-0.25, -0.2) is 18.1 Å². The minimum atomic E-state index is -3.47. The van der Waals surface area contributed by atoms with E-state index in [-0.39, 0.29) is 4.90 Å². The van der Waals surface area contributed by atoms with Gasteiger partial charge < -0.3 is 5.73 Å². The summed E-state index contributed by atoms with van der Waals surface area (Å²) < 4.78 is 26.4. The molecule has 0 saturated carbocycles. The highest BCUT2D eigenvalue weighted by molar-refractivity contribution is 7.89. The summed E-state index contributed by atoms with van der Waals surface area (Å²) in [6.45, 7) is 0.341. The second kappa shape index (κ2) is 5.81. The summed E-state index contributed by atoms with van der Waals surface area (Å²) in [5, 5.41) is 6.44. The molecule has 1 heterocycles. The Bertz CT molecular complexity index is 607. The number of nitrogens with zero attached hydrogens (tertiary/aromatic N) is 2. The van der Waals surface area contributed by atoms with E-state index in [2.05, 4.69) is 19.9 Å². The van der Waals surface area contributed by atoms with Gasteiger partial charge in [0.05, 0.1) is 4.90 Å². The number of nitrogens with two attached hydrogens (primary N) is 1. The molecule has 1 aromatic carbocycles. The summed E-state index contributed by atoms with van der Waals surface area (Å²) in [6, 6.07) is 6.08. The lowest BCUT2D eigenvalue weighted by Gasteiger charge is -2.06. The van der Waals surface area contributed by atoms with E-state index in [1.54, 1.807) is 12.1 Å². The number of nitrogen functional groups attached to an aromatic ring is 1. The fraction of sp³-hybridized carbons (Fsp3) is 0.273. The topological polar surface area (TPSA) is 114 Å². The number of benzene rings is 1. The van der Waals surface area contributed by atoms with Crippen molar-refractivity contribution in [3.05, 3.63) is 36.4 Å². The van der Waals surface area contributed by atoms with E-state index in [0.717, 1.165) is 5.82 Å². The highest BCUT2D eigenvalue weighted by Gasteiger charge is 2.12. The lowest BCUT2D eigenvalue weighted by atomic mass is 10.3. The molecule has 7 nitrogen and oxygen atoms in total. The molecule has 2 rings (SSSR count). The molecular weight excluding hydrogens is 266 g/mol. The first-order chi connectivity index (χ1) is 9.08. The first-order valence-corrected chi connectivity index (χ1v) is 7.26. The van der Waals surface area contributed by atoms with Crippen molar-refractivity contribution in [1.82, 2.24) is 19.9 Å². The third-order valence-electron chi connectivity index (χ3n) is 2.54. The van der Waals surface area contributed by atoms with Crippen LogP contribution in [0.5, 0.6) is 0 Å². The average Bonchev–Trinajstić information content (AvgIpc) is 2.88. The molecule has 0 atom stereocenters. The summed E-state index contributed by atoms with van der Waals surface area (Å²) in [7, 11) is -3.47. The first kappa shape index (κ1) is 13.5. The molecule has 1 aromatic heterocycles. The van der Waals surface area contributed by atoms with Crippen molar-refractivity contribution in [2.24, 2.45) is 0 Å². The molecule has 0 saturated heterocycles. The highest BCUT2D eigenvalue weighted by Crippen LogP contribution is 2.11. The zero-order valence-corrected chi connectivity index (χ0v) is 11.0. The van der Waals surface area contributed by atoms with Crippen LogP contribution in [0.15, 0.2) is 35.5 Å². The van der Waals surface area contributed by atoms with Gasteiger partial charge in [-0.1, -0.05) is 0 Å². The van der Waals surface area contributed by atoms with Crippen LogP contribution in [-0.4, -0.2) is 30.1 Å². The van der Waals surface area contributed by atoms with E-state index < -0.39 is 10.0 Å². The Kier molecular flexibility index (Phi) is 4.13. The number of sulfonamides is 1. The predicted octanol–water partition coefficient (Wildman–Crippen LogP) is 0.298. The monoisotopic (exact) mass is 281 g/mol. The number of anilines is 1. The van der Waals surface area contributed by atoms with Crippen LogP contribution in [0.1, 0.15) is 12.2 Å². The molecule has 102 valence electrons. The molecule has 0 aliphatic heterocycles. The molecule has 2 aromatic rings. The van der Waals surface area contributed by atoms with Crippen molar-refractivity contribution in [3.63, 3.8) is 0 Å². The van der Waals surface area contributed by atoms with Crippen LogP contribution in [0.4, 0.5) is 5.69 Å². The third kappa shape index (κ3) is 3.76. The lowest BCUT2D eigenvalue weighted by molar-refractivity contribution is 0.578. The van der Waals surface area contributed by atoms with Crippen molar-refractivity contribution < 1.29 is 8.42 Å². The van der Waals surface area contributed by atoms with Crippen LogP contribution >= 0.6 is 0 Å². The van der Waals surface area contributed by atoms with E-state index in [4.69, 9.17) is 5.73 Å². The summed E-state index contributed by atoms with van der Waals surface area (Å²) in [5.74, 6) is 0.742. The van der Waals surface area contributed by atoms with Gasteiger partial charge in [-0.05, 0) is 30.7 Å². The van der Waals surface area contributed by atoms with Crippen LogP contribution < -0.4 is 10.5 Å². The van der Waals surface area contributed by atoms with Crippen LogP contribution in [0.25, 0.3) is 0 Å². The maximum Gasteiger partial charge on any atom is 0.240 e. The molecule has 0 radical (unpaired) electrons.